The normalized spacial score (nSPS) is 17.1. The van der Waals surface area contributed by atoms with Crippen molar-refractivity contribution in [3.05, 3.63) is 87.6 Å². The lowest BCUT2D eigenvalue weighted by Gasteiger charge is -2.40. The molecular formula is C26H25ClN4O3. The Morgan fingerprint density at radius 3 is 2.74 bits per heavy atom. The number of halogens is 1. The van der Waals surface area contributed by atoms with Gasteiger partial charge < -0.3 is 14.6 Å². The fourth-order valence-electron chi connectivity index (χ4n) is 4.56. The molecule has 34 heavy (non-hydrogen) atoms. The third kappa shape index (κ3) is 4.55. The van der Waals surface area contributed by atoms with Crippen molar-refractivity contribution in [1.29, 1.82) is 0 Å². The van der Waals surface area contributed by atoms with Gasteiger partial charge in [-0.15, -0.1) is 0 Å². The number of piperazine rings is 1. The van der Waals surface area contributed by atoms with Crippen LogP contribution in [0, 0.1) is 0 Å². The minimum absolute atomic E-state index is 0.0164. The first kappa shape index (κ1) is 22.5. The molecule has 7 nitrogen and oxygen atoms in total. The molecule has 1 saturated heterocycles. The number of amides is 1. The molecule has 2 aromatic heterocycles. The first-order valence-corrected chi connectivity index (χ1v) is 11.6. The molecule has 1 fully saturated rings. The van der Waals surface area contributed by atoms with Crippen molar-refractivity contribution in [3.8, 4) is 0 Å². The Kier molecular flexibility index (Phi) is 6.32. The number of methoxy groups -OCH3 is 1. The van der Waals surface area contributed by atoms with Crippen molar-refractivity contribution >= 4 is 39.1 Å². The molecular weight excluding hydrogens is 452 g/mol. The maximum Gasteiger partial charge on any atom is 0.255 e. The van der Waals surface area contributed by atoms with Gasteiger partial charge in [0.15, 0.2) is 0 Å². The fourth-order valence-corrected chi connectivity index (χ4v) is 4.75. The number of pyridine rings is 2. The van der Waals surface area contributed by atoms with Crippen LogP contribution in [0.1, 0.15) is 11.3 Å². The minimum Gasteiger partial charge on any atom is -0.383 e. The smallest absolute Gasteiger partial charge is 0.255 e. The summed E-state index contributed by atoms with van der Waals surface area (Å²) in [6.07, 6.45) is 3.46. The lowest BCUT2D eigenvalue weighted by Crippen LogP contribution is -2.57. The number of ether oxygens (including phenoxy) is 1. The van der Waals surface area contributed by atoms with E-state index in [2.05, 4.69) is 14.9 Å². The molecule has 174 valence electrons. The number of nitrogens with zero attached hydrogens (tertiary/aromatic N) is 3. The molecule has 0 saturated carbocycles. The molecule has 1 aliphatic rings. The molecule has 1 aliphatic heterocycles. The highest BCUT2D eigenvalue weighted by molar-refractivity contribution is 6.31. The Morgan fingerprint density at radius 1 is 1.03 bits per heavy atom. The van der Waals surface area contributed by atoms with Gasteiger partial charge in [0, 0.05) is 61.5 Å². The van der Waals surface area contributed by atoms with Gasteiger partial charge in [0.25, 0.3) is 5.56 Å². The molecule has 1 amide bonds. The number of nitrogens with one attached hydrogen (secondary N) is 1. The number of aromatic amines is 1. The van der Waals surface area contributed by atoms with Crippen molar-refractivity contribution in [2.45, 2.75) is 19.1 Å². The molecule has 5 rings (SSSR count). The van der Waals surface area contributed by atoms with E-state index >= 15 is 0 Å². The molecule has 4 aromatic rings. The van der Waals surface area contributed by atoms with E-state index in [1.165, 1.54) is 0 Å². The first-order valence-electron chi connectivity index (χ1n) is 11.2. The van der Waals surface area contributed by atoms with Crippen molar-refractivity contribution < 1.29 is 9.53 Å². The van der Waals surface area contributed by atoms with Gasteiger partial charge in [-0.1, -0.05) is 29.8 Å². The average molecular weight is 477 g/mol. The van der Waals surface area contributed by atoms with Crippen LogP contribution in [0.3, 0.4) is 0 Å². The van der Waals surface area contributed by atoms with Crippen molar-refractivity contribution in [2.75, 3.05) is 26.8 Å². The number of benzene rings is 2. The van der Waals surface area contributed by atoms with Crippen molar-refractivity contribution in [3.63, 3.8) is 0 Å². The predicted molar refractivity (Wildman–Crippen MR) is 133 cm³/mol. The van der Waals surface area contributed by atoms with Gasteiger partial charge in [0.05, 0.1) is 12.3 Å². The Labute approximate surface area is 201 Å². The fraction of sp³-hybridized carbons (Fsp3) is 0.269. The van der Waals surface area contributed by atoms with Gasteiger partial charge in [-0.2, -0.15) is 0 Å². The van der Waals surface area contributed by atoms with Gasteiger partial charge >= 0.3 is 0 Å². The Morgan fingerprint density at radius 2 is 1.88 bits per heavy atom. The summed E-state index contributed by atoms with van der Waals surface area (Å²) in [5, 5.41) is 4.24. The predicted octanol–water partition coefficient (Wildman–Crippen LogP) is 3.59. The number of hydrogen-bond acceptors (Lipinski definition) is 5. The molecule has 0 unspecified atom stereocenters. The van der Waals surface area contributed by atoms with Crippen LogP contribution in [-0.4, -0.2) is 58.5 Å². The van der Waals surface area contributed by atoms with Crippen molar-refractivity contribution in [1.82, 2.24) is 19.8 Å². The number of carbonyl (C=O) groups excluding carboxylic acids is 1. The second-order valence-corrected chi connectivity index (χ2v) is 9.03. The number of carbonyl (C=O) groups is 1. The van der Waals surface area contributed by atoms with Gasteiger partial charge in [-0.05, 0) is 46.7 Å². The number of rotatable bonds is 6. The summed E-state index contributed by atoms with van der Waals surface area (Å²) < 4.78 is 5.41. The number of hydrogen-bond donors (Lipinski definition) is 1. The van der Waals surface area contributed by atoms with Gasteiger partial charge in [0.2, 0.25) is 5.91 Å². The highest BCUT2D eigenvalue weighted by Gasteiger charge is 2.35. The third-order valence-electron chi connectivity index (χ3n) is 6.34. The lowest BCUT2D eigenvalue weighted by molar-refractivity contribution is -0.145. The van der Waals surface area contributed by atoms with Crippen LogP contribution in [0.5, 0.6) is 0 Å². The molecule has 1 N–H and O–H groups in total. The van der Waals surface area contributed by atoms with Gasteiger partial charge in [-0.3, -0.25) is 19.5 Å². The zero-order chi connectivity index (χ0) is 23.7. The monoisotopic (exact) mass is 476 g/mol. The van der Waals surface area contributed by atoms with E-state index in [9.17, 15) is 9.59 Å². The second kappa shape index (κ2) is 9.54. The van der Waals surface area contributed by atoms with Crippen molar-refractivity contribution in [2.24, 2.45) is 0 Å². The van der Waals surface area contributed by atoms with E-state index in [1.807, 2.05) is 59.6 Å². The van der Waals surface area contributed by atoms with E-state index in [0.717, 1.165) is 27.4 Å². The van der Waals surface area contributed by atoms with Crippen LogP contribution in [0.25, 0.3) is 21.5 Å². The number of H-pyrrole nitrogens is 1. The van der Waals surface area contributed by atoms with Crippen LogP contribution in [0.15, 0.2) is 65.7 Å². The summed E-state index contributed by atoms with van der Waals surface area (Å²) >= 11 is 6.08. The first-order chi connectivity index (χ1) is 16.5. The Balaban J connectivity index is 1.34. The third-order valence-corrected chi connectivity index (χ3v) is 6.57. The highest BCUT2D eigenvalue weighted by Crippen LogP contribution is 2.22. The second-order valence-electron chi connectivity index (χ2n) is 8.60. The molecule has 8 heteroatoms. The van der Waals surface area contributed by atoms with E-state index in [-0.39, 0.29) is 11.5 Å². The highest BCUT2D eigenvalue weighted by atomic mass is 35.5. The lowest BCUT2D eigenvalue weighted by atomic mass is 10.1. The van der Waals surface area contributed by atoms with Crippen LogP contribution in [0.4, 0.5) is 0 Å². The summed E-state index contributed by atoms with van der Waals surface area (Å²) in [7, 11) is 1.61. The van der Waals surface area contributed by atoms with Crippen LogP contribution in [0.2, 0.25) is 5.02 Å². The summed E-state index contributed by atoms with van der Waals surface area (Å²) in [6.45, 7) is 2.60. The van der Waals surface area contributed by atoms with Crippen LogP contribution >= 0.6 is 11.6 Å². The largest absolute Gasteiger partial charge is 0.383 e. The SMILES string of the molecule is COC[C@H]1C(=O)N(Cc2ccc3cc[nH]c(=O)c3c2)CCN1Cc1cc2ccc(Cl)cc2cn1. The van der Waals surface area contributed by atoms with E-state index in [4.69, 9.17) is 16.3 Å². The van der Waals surface area contributed by atoms with Gasteiger partial charge in [0.1, 0.15) is 6.04 Å². The topological polar surface area (TPSA) is 78.5 Å². The Hall–Kier alpha value is -3.26. The van der Waals surface area contributed by atoms with E-state index in [0.29, 0.717) is 43.2 Å². The number of aromatic nitrogens is 2. The molecule has 3 heterocycles. The van der Waals surface area contributed by atoms with Gasteiger partial charge in [-0.25, -0.2) is 0 Å². The minimum atomic E-state index is -0.398. The Bertz CT molecular complexity index is 1420. The zero-order valence-electron chi connectivity index (χ0n) is 18.8. The molecule has 0 spiro atoms. The maximum atomic E-state index is 13.4. The summed E-state index contributed by atoms with van der Waals surface area (Å²) in [4.78, 5) is 36.8. The van der Waals surface area contributed by atoms with E-state index < -0.39 is 6.04 Å². The quantitative estimate of drug-likeness (QED) is 0.460. The summed E-state index contributed by atoms with van der Waals surface area (Å²) in [5.74, 6) is 0.0164. The standard InChI is InChI=1S/C26H25ClN4O3/c1-34-16-24-26(33)31(14-17-2-3-18-6-7-28-25(32)23(18)10-17)9-8-30(24)15-22-12-19-4-5-21(27)11-20(19)13-29-22/h2-7,10-13,24H,8-9,14-16H2,1H3,(H,28,32)/t24-/m0/s1. The molecule has 0 radical (unpaired) electrons. The van der Waals surface area contributed by atoms with E-state index in [1.54, 1.807) is 13.3 Å². The zero-order valence-corrected chi connectivity index (χ0v) is 19.6. The van der Waals surface area contributed by atoms with Crippen LogP contribution < -0.4 is 5.56 Å². The summed E-state index contributed by atoms with van der Waals surface area (Å²) in [5.41, 5.74) is 1.70. The molecule has 1 atom stereocenters. The molecule has 0 bridgehead atoms. The summed E-state index contributed by atoms with van der Waals surface area (Å²) in [6, 6.07) is 15.0. The maximum absolute atomic E-state index is 13.4. The average Bonchev–Trinajstić information content (AvgIpc) is 2.84. The number of fused-ring (bicyclic) bond motifs is 2. The molecule has 2 aromatic carbocycles. The van der Waals surface area contributed by atoms with Crippen LogP contribution in [-0.2, 0) is 22.6 Å². The molecule has 0 aliphatic carbocycles.